The maximum absolute atomic E-state index is 12.9. The van der Waals surface area contributed by atoms with Crippen LogP contribution >= 0.6 is 0 Å². The third kappa shape index (κ3) is 1.65. The molecule has 1 saturated heterocycles. The zero-order chi connectivity index (χ0) is 14.4. The molecule has 2 fully saturated rings. The molecule has 108 valence electrons. The van der Waals surface area contributed by atoms with E-state index in [-0.39, 0.29) is 16.9 Å². The van der Waals surface area contributed by atoms with E-state index in [1.807, 2.05) is 18.2 Å². The molecule has 1 aliphatic heterocycles. The van der Waals surface area contributed by atoms with Gasteiger partial charge < -0.3 is 9.64 Å². The normalized spacial score (nSPS) is 33.8. The SMILES string of the molecule is COC[C@]12CC[C@@]1(C)C(=O)N([C@H](C)c1ccccc1)C2. The Bertz CT molecular complexity index is 515. The molecule has 1 aromatic rings. The van der Waals surface area contributed by atoms with Crippen LogP contribution in [0, 0.1) is 10.8 Å². The van der Waals surface area contributed by atoms with Crippen molar-refractivity contribution in [3.05, 3.63) is 35.9 Å². The fourth-order valence-electron chi connectivity index (χ4n) is 3.93. The van der Waals surface area contributed by atoms with E-state index in [0.29, 0.717) is 12.5 Å². The number of carbonyl (C=O) groups excluding carboxylic acids is 1. The summed E-state index contributed by atoms with van der Waals surface area (Å²) in [6, 6.07) is 10.4. The largest absolute Gasteiger partial charge is 0.384 e. The molecule has 3 atom stereocenters. The fraction of sp³-hybridized carbons (Fsp3) is 0.588. The molecule has 0 aromatic heterocycles. The van der Waals surface area contributed by atoms with Crippen LogP contribution in [0.15, 0.2) is 30.3 Å². The summed E-state index contributed by atoms with van der Waals surface area (Å²) in [4.78, 5) is 14.9. The van der Waals surface area contributed by atoms with Gasteiger partial charge in [-0.2, -0.15) is 0 Å². The second-order valence-corrected chi connectivity index (χ2v) is 6.57. The summed E-state index contributed by atoms with van der Waals surface area (Å²) in [7, 11) is 1.74. The van der Waals surface area contributed by atoms with Crippen molar-refractivity contribution in [1.29, 1.82) is 0 Å². The summed E-state index contributed by atoms with van der Waals surface area (Å²) in [6.07, 6.45) is 2.09. The number of methoxy groups -OCH3 is 1. The van der Waals surface area contributed by atoms with Crippen LogP contribution in [-0.4, -0.2) is 31.1 Å². The van der Waals surface area contributed by atoms with Crippen LogP contribution in [0.4, 0.5) is 0 Å². The molecule has 0 radical (unpaired) electrons. The van der Waals surface area contributed by atoms with Crippen molar-refractivity contribution in [3.8, 4) is 0 Å². The van der Waals surface area contributed by atoms with Crippen molar-refractivity contribution in [1.82, 2.24) is 4.90 Å². The standard InChI is InChI=1S/C17H23NO2/c1-13(14-7-5-4-6-8-14)18-11-17(12-20-3)10-9-16(17,2)15(18)19/h4-8,13H,9-12H2,1-3H3/t13-,16+,17-/m1/s1. The number of amides is 1. The van der Waals surface area contributed by atoms with E-state index in [9.17, 15) is 4.79 Å². The molecular weight excluding hydrogens is 250 g/mol. The summed E-state index contributed by atoms with van der Waals surface area (Å²) in [5, 5.41) is 0. The highest BCUT2D eigenvalue weighted by atomic mass is 16.5. The Kier molecular flexibility index (Phi) is 3.13. The highest BCUT2D eigenvalue weighted by Crippen LogP contribution is 2.63. The molecule has 20 heavy (non-hydrogen) atoms. The van der Waals surface area contributed by atoms with Gasteiger partial charge in [-0.1, -0.05) is 37.3 Å². The van der Waals surface area contributed by atoms with E-state index in [1.54, 1.807) is 7.11 Å². The predicted octanol–water partition coefficient (Wildman–Crippen LogP) is 3.02. The van der Waals surface area contributed by atoms with Gasteiger partial charge in [0.25, 0.3) is 0 Å². The maximum atomic E-state index is 12.9. The zero-order valence-electron chi connectivity index (χ0n) is 12.6. The van der Waals surface area contributed by atoms with Crippen molar-refractivity contribution >= 4 is 5.91 Å². The van der Waals surface area contributed by atoms with Gasteiger partial charge in [0.15, 0.2) is 0 Å². The first-order valence-electron chi connectivity index (χ1n) is 7.39. The molecule has 0 unspecified atom stereocenters. The lowest BCUT2D eigenvalue weighted by Gasteiger charge is -2.50. The van der Waals surface area contributed by atoms with Gasteiger partial charge in [0.05, 0.1) is 18.1 Å². The van der Waals surface area contributed by atoms with E-state index in [0.717, 1.165) is 19.4 Å². The van der Waals surface area contributed by atoms with Gasteiger partial charge >= 0.3 is 0 Å². The summed E-state index contributed by atoms with van der Waals surface area (Å²) >= 11 is 0. The topological polar surface area (TPSA) is 29.5 Å². The first-order chi connectivity index (χ1) is 9.54. The minimum absolute atomic E-state index is 0.0296. The second-order valence-electron chi connectivity index (χ2n) is 6.57. The quantitative estimate of drug-likeness (QED) is 0.844. The monoisotopic (exact) mass is 273 g/mol. The van der Waals surface area contributed by atoms with E-state index in [4.69, 9.17) is 4.74 Å². The van der Waals surface area contributed by atoms with Gasteiger partial charge in [-0.05, 0) is 25.3 Å². The third-order valence-corrected chi connectivity index (χ3v) is 5.65. The highest BCUT2D eigenvalue weighted by molar-refractivity contribution is 5.87. The average molecular weight is 273 g/mol. The van der Waals surface area contributed by atoms with Crippen LogP contribution in [0.1, 0.15) is 38.3 Å². The molecule has 1 amide bonds. The van der Waals surface area contributed by atoms with Crippen molar-refractivity contribution in [2.75, 3.05) is 20.3 Å². The van der Waals surface area contributed by atoms with Crippen LogP contribution < -0.4 is 0 Å². The number of likely N-dealkylation sites (tertiary alicyclic amines) is 1. The summed E-state index contributed by atoms with van der Waals surface area (Å²) in [6.45, 7) is 5.76. The number of rotatable bonds is 4. The van der Waals surface area contributed by atoms with Gasteiger partial charge in [-0.25, -0.2) is 0 Å². The van der Waals surface area contributed by atoms with Crippen molar-refractivity contribution < 1.29 is 9.53 Å². The molecule has 1 aliphatic carbocycles. The molecule has 1 heterocycles. The average Bonchev–Trinajstić information content (AvgIpc) is 2.61. The molecule has 1 saturated carbocycles. The Hall–Kier alpha value is -1.35. The number of benzene rings is 1. The molecule has 3 rings (SSSR count). The third-order valence-electron chi connectivity index (χ3n) is 5.65. The summed E-state index contributed by atoms with van der Waals surface area (Å²) in [5.41, 5.74) is 1.02. The molecular formula is C17H23NO2. The molecule has 0 spiro atoms. The number of carbonyl (C=O) groups is 1. The fourth-order valence-corrected chi connectivity index (χ4v) is 3.93. The lowest BCUT2D eigenvalue weighted by molar-refractivity contribution is -0.148. The Morgan fingerprint density at radius 1 is 1.30 bits per heavy atom. The number of hydrogen-bond acceptors (Lipinski definition) is 2. The summed E-state index contributed by atoms with van der Waals surface area (Å²) < 4.78 is 5.42. The smallest absolute Gasteiger partial charge is 0.229 e. The van der Waals surface area contributed by atoms with Gasteiger partial charge in [-0.15, -0.1) is 0 Å². The minimum Gasteiger partial charge on any atom is -0.384 e. The van der Waals surface area contributed by atoms with E-state index in [1.165, 1.54) is 5.56 Å². The maximum Gasteiger partial charge on any atom is 0.229 e. The van der Waals surface area contributed by atoms with Crippen molar-refractivity contribution in [2.45, 2.75) is 32.7 Å². The number of ether oxygens (including phenoxy) is 1. The van der Waals surface area contributed by atoms with Crippen molar-refractivity contribution in [2.24, 2.45) is 10.8 Å². The Labute approximate surface area is 120 Å². The van der Waals surface area contributed by atoms with Gasteiger partial charge in [0.1, 0.15) is 0 Å². The lowest BCUT2D eigenvalue weighted by Crippen LogP contribution is -2.52. The van der Waals surface area contributed by atoms with Gasteiger partial charge in [0.2, 0.25) is 5.91 Å². The van der Waals surface area contributed by atoms with Crippen LogP contribution in [0.25, 0.3) is 0 Å². The molecule has 2 aliphatic rings. The molecule has 3 nitrogen and oxygen atoms in total. The number of fused-ring (bicyclic) bond motifs is 1. The predicted molar refractivity (Wildman–Crippen MR) is 78.2 cm³/mol. The van der Waals surface area contributed by atoms with Crippen LogP contribution in [0.2, 0.25) is 0 Å². The summed E-state index contributed by atoms with van der Waals surface area (Å²) in [5.74, 6) is 0.303. The molecule has 0 bridgehead atoms. The van der Waals surface area contributed by atoms with Crippen LogP contribution in [0.3, 0.4) is 0 Å². The lowest BCUT2D eigenvalue weighted by atomic mass is 9.52. The second kappa shape index (κ2) is 4.59. The Morgan fingerprint density at radius 3 is 2.55 bits per heavy atom. The number of hydrogen-bond donors (Lipinski definition) is 0. The van der Waals surface area contributed by atoms with Gasteiger partial charge in [0, 0.05) is 19.1 Å². The Morgan fingerprint density at radius 2 is 2.00 bits per heavy atom. The Balaban J connectivity index is 1.88. The van der Waals surface area contributed by atoms with E-state index >= 15 is 0 Å². The van der Waals surface area contributed by atoms with Gasteiger partial charge in [-0.3, -0.25) is 4.79 Å². The first kappa shape index (κ1) is 13.6. The van der Waals surface area contributed by atoms with Crippen molar-refractivity contribution in [3.63, 3.8) is 0 Å². The van der Waals surface area contributed by atoms with E-state index < -0.39 is 0 Å². The van der Waals surface area contributed by atoms with E-state index in [2.05, 4.69) is 30.9 Å². The minimum atomic E-state index is -0.216. The molecule has 0 N–H and O–H groups in total. The number of nitrogens with zero attached hydrogens (tertiary/aromatic N) is 1. The highest BCUT2D eigenvalue weighted by Gasteiger charge is 2.67. The zero-order valence-corrected chi connectivity index (χ0v) is 12.6. The van der Waals surface area contributed by atoms with Crippen LogP contribution in [-0.2, 0) is 9.53 Å². The molecule has 3 heteroatoms. The van der Waals surface area contributed by atoms with Crippen LogP contribution in [0.5, 0.6) is 0 Å². The first-order valence-corrected chi connectivity index (χ1v) is 7.39. The molecule has 1 aromatic carbocycles.